The number of halogens is 1. The van der Waals surface area contributed by atoms with Gasteiger partial charge in [-0.2, -0.15) is 0 Å². The van der Waals surface area contributed by atoms with Crippen molar-refractivity contribution < 1.29 is 9.53 Å². The zero-order valence-corrected chi connectivity index (χ0v) is 16.7. The van der Waals surface area contributed by atoms with Crippen molar-refractivity contribution in [2.24, 2.45) is 0 Å². The highest BCUT2D eigenvalue weighted by Gasteiger charge is 2.30. The van der Waals surface area contributed by atoms with Gasteiger partial charge in [0, 0.05) is 43.5 Å². The monoisotopic (exact) mass is 413 g/mol. The minimum atomic E-state index is -0.517. The standard InChI is InChI=1S/C21H20ClN3O4/c1-29-7-3-6-25-19-18(20(27)24-21(25)28)15-9-13(10-17(26)16(15)11-23-19)12-4-2-5-14(22)8-12/h2,4-5,8,11,13H,3,6-7,9-10H2,1H3,(H,24,27,28)/t13-/m1/s1. The first-order valence-corrected chi connectivity index (χ1v) is 9.79. The van der Waals surface area contributed by atoms with Gasteiger partial charge in [-0.05, 0) is 42.0 Å². The molecule has 4 rings (SSSR count). The van der Waals surface area contributed by atoms with Gasteiger partial charge in [-0.3, -0.25) is 19.1 Å². The van der Waals surface area contributed by atoms with Crippen LogP contribution in [-0.4, -0.2) is 34.0 Å². The summed E-state index contributed by atoms with van der Waals surface area (Å²) in [6.07, 6.45) is 2.91. The van der Waals surface area contributed by atoms with Crippen LogP contribution in [0, 0.1) is 0 Å². The summed E-state index contributed by atoms with van der Waals surface area (Å²) in [5, 5.41) is 0.907. The molecule has 29 heavy (non-hydrogen) atoms. The number of aromatic nitrogens is 3. The molecule has 1 aliphatic rings. The maximum Gasteiger partial charge on any atom is 0.329 e. The average molecular weight is 414 g/mol. The van der Waals surface area contributed by atoms with Crippen LogP contribution in [0.1, 0.15) is 40.2 Å². The van der Waals surface area contributed by atoms with E-state index in [0.717, 1.165) is 5.56 Å². The van der Waals surface area contributed by atoms with E-state index in [1.165, 1.54) is 10.8 Å². The number of aromatic amines is 1. The maximum atomic E-state index is 12.8. The summed E-state index contributed by atoms with van der Waals surface area (Å²) in [4.78, 5) is 44.5. The lowest BCUT2D eigenvalue weighted by Crippen LogP contribution is -2.33. The number of hydrogen-bond donors (Lipinski definition) is 1. The Morgan fingerprint density at radius 2 is 2.10 bits per heavy atom. The molecule has 0 unspecified atom stereocenters. The number of ether oxygens (including phenoxy) is 1. The fourth-order valence-corrected chi connectivity index (χ4v) is 4.18. The number of Topliss-reactive ketones (excluding diaryl/α,β-unsaturated/α-hetero) is 1. The summed E-state index contributed by atoms with van der Waals surface area (Å²) in [6.45, 7) is 0.838. The van der Waals surface area contributed by atoms with E-state index in [-0.39, 0.29) is 11.7 Å². The Balaban J connectivity index is 1.86. The molecule has 1 N–H and O–H groups in total. The van der Waals surface area contributed by atoms with Crippen molar-refractivity contribution in [1.29, 1.82) is 0 Å². The number of nitrogens with zero attached hydrogens (tertiary/aromatic N) is 2. The Morgan fingerprint density at radius 3 is 2.86 bits per heavy atom. The lowest BCUT2D eigenvalue weighted by molar-refractivity contribution is 0.0964. The predicted octanol–water partition coefficient (Wildman–Crippen LogP) is 2.69. The molecular weight excluding hydrogens is 394 g/mol. The number of carbonyl (C=O) groups excluding carboxylic acids is 1. The summed E-state index contributed by atoms with van der Waals surface area (Å²) < 4.78 is 6.49. The van der Waals surface area contributed by atoms with Gasteiger partial charge in [-0.25, -0.2) is 9.78 Å². The molecule has 0 radical (unpaired) electrons. The Labute approximate surface area is 171 Å². The normalized spacial score (nSPS) is 16.2. The van der Waals surface area contributed by atoms with Crippen molar-refractivity contribution >= 4 is 28.4 Å². The smallest absolute Gasteiger partial charge is 0.329 e. The van der Waals surface area contributed by atoms with Crippen molar-refractivity contribution in [3.05, 3.63) is 73.0 Å². The van der Waals surface area contributed by atoms with Crippen molar-refractivity contribution in [2.45, 2.75) is 31.7 Å². The van der Waals surface area contributed by atoms with E-state index in [1.807, 2.05) is 18.2 Å². The molecule has 1 atom stereocenters. The molecule has 0 bridgehead atoms. The topological polar surface area (TPSA) is 94.1 Å². The van der Waals surface area contributed by atoms with E-state index in [4.69, 9.17) is 16.3 Å². The van der Waals surface area contributed by atoms with Gasteiger partial charge in [0.25, 0.3) is 5.56 Å². The van der Waals surface area contributed by atoms with Crippen LogP contribution in [-0.2, 0) is 17.7 Å². The second-order valence-electron chi connectivity index (χ2n) is 7.19. The summed E-state index contributed by atoms with van der Waals surface area (Å²) >= 11 is 6.12. The van der Waals surface area contributed by atoms with E-state index in [2.05, 4.69) is 9.97 Å². The molecule has 7 nitrogen and oxygen atoms in total. The molecular formula is C21H20ClN3O4. The number of methoxy groups -OCH3 is 1. The summed E-state index contributed by atoms with van der Waals surface area (Å²) in [5.41, 5.74) is 1.30. The molecule has 0 amide bonds. The molecule has 0 saturated carbocycles. The van der Waals surface area contributed by atoms with Crippen molar-refractivity contribution in [3.63, 3.8) is 0 Å². The van der Waals surface area contributed by atoms with Gasteiger partial charge in [-0.1, -0.05) is 23.7 Å². The maximum absolute atomic E-state index is 12.8. The van der Waals surface area contributed by atoms with Crippen LogP contribution in [0.2, 0.25) is 5.02 Å². The van der Waals surface area contributed by atoms with Gasteiger partial charge in [0.2, 0.25) is 0 Å². The fourth-order valence-electron chi connectivity index (χ4n) is 3.98. The Morgan fingerprint density at radius 1 is 1.28 bits per heavy atom. The first-order valence-electron chi connectivity index (χ1n) is 9.42. The SMILES string of the molecule is COCCCn1c(=O)[nH]c(=O)c2c3c(cnc21)C(=O)C[C@H](c1cccc(Cl)c1)C3. The molecule has 0 saturated heterocycles. The first-order chi connectivity index (χ1) is 14.0. The van der Waals surface area contributed by atoms with Gasteiger partial charge in [0.1, 0.15) is 5.65 Å². The summed E-state index contributed by atoms with van der Waals surface area (Å²) in [6, 6.07) is 7.41. The molecule has 2 aromatic heterocycles. The highest BCUT2D eigenvalue weighted by atomic mass is 35.5. The molecule has 3 aromatic rings. The predicted molar refractivity (Wildman–Crippen MR) is 110 cm³/mol. The van der Waals surface area contributed by atoms with Crippen LogP contribution >= 0.6 is 11.6 Å². The number of nitrogens with one attached hydrogen (secondary N) is 1. The van der Waals surface area contributed by atoms with Crippen molar-refractivity contribution in [1.82, 2.24) is 14.5 Å². The number of hydrogen-bond acceptors (Lipinski definition) is 5. The highest BCUT2D eigenvalue weighted by Crippen LogP contribution is 2.35. The van der Waals surface area contributed by atoms with E-state index in [1.54, 1.807) is 13.2 Å². The second-order valence-corrected chi connectivity index (χ2v) is 7.63. The third-order valence-corrected chi connectivity index (χ3v) is 5.58. The van der Waals surface area contributed by atoms with Crippen molar-refractivity contribution in [3.8, 4) is 0 Å². The van der Waals surface area contributed by atoms with Crippen LogP contribution in [0.5, 0.6) is 0 Å². The van der Waals surface area contributed by atoms with Crippen LogP contribution in [0.3, 0.4) is 0 Å². The molecule has 0 fully saturated rings. The van der Waals surface area contributed by atoms with E-state index in [0.29, 0.717) is 59.6 Å². The highest BCUT2D eigenvalue weighted by molar-refractivity contribution is 6.30. The summed E-state index contributed by atoms with van der Waals surface area (Å²) in [7, 11) is 1.59. The number of fused-ring (bicyclic) bond motifs is 3. The number of carbonyl (C=O) groups is 1. The van der Waals surface area contributed by atoms with E-state index >= 15 is 0 Å². The van der Waals surface area contributed by atoms with Crippen LogP contribution < -0.4 is 11.2 Å². The van der Waals surface area contributed by atoms with Gasteiger partial charge < -0.3 is 4.74 Å². The van der Waals surface area contributed by atoms with Gasteiger partial charge >= 0.3 is 5.69 Å². The van der Waals surface area contributed by atoms with Crippen molar-refractivity contribution in [2.75, 3.05) is 13.7 Å². The lowest BCUT2D eigenvalue weighted by atomic mass is 9.79. The third-order valence-electron chi connectivity index (χ3n) is 5.35. The summed E-state index contributed by atoms with van der Waals surface area (Å²) in [5.74, 6) is -0.158. The van der Waals surface area contributed by atoms with Crippen LogP contribution in [0.15, 0.2) is 40.1 Å². The Kier molecular flexibility index (Phi) is 5.34. The molecule has 150 valence electrons. The third kappa shape index (κ3) is 3.63. The van der Waals surface area contributed by atoms with Gasteiger partial charge in [0.15, 0.2) is 5.78 Å². The zero-order valence-electron chi connectivity index (χ0n) is 15.9. The van der Waals surface area contributed by atoms with Gasteiger partial charge in [0.05, 0.1) is 5.39 Å². The zero-order chi connectivity index (χ0) is 20.5. The molecule has 1 aromatic carbocycles. The molecule has 8 heteroatoms. The number of rotatable bonds is 5. The average Bonchev–Trinajstić information content (AvgIpc) is 2.69. The van der Waals surface area contributed by atoms with Crippen LogP contribution in [0.4, 0.5) is 0 Å². The van der Waals surface area contributed by atoms with E-state index < -0.39 is 11.2 Å². The lowest BCUT2D eigenvalue weighted by Gasteiger charge is -2.25. The molecule has 1 aliphatic carbocycles. The molecule has 0 aliphatic heterocycles. The molecule has 0 spiro atoms. The Hall–Kier alpha value is -2.77. The first kappa shape index (κ1) is 19.5. The minimum absolute atomic E-state index is 0.0674. The largest absolute Gasteiger partial charge is 0.385 e. The van der Waals surface area contributed by atoms with E-state index in [9.17, 15) is 14.4 Å². The molecule has 2 heterocycles. The fraction of sp³-hybridized carbons (Fsp3) is 0.333. The number of pyridine rings is 1. The quantitative estimate of drug-likeness (QED) is 0.649. The second kappa shape index (κ2) is 7.93. The van der Waals surface area contributed by atoms with Gasteiger partial charge in [-0.15, -0.1) is 0 Å². The number of aryl methyl sites for hydroxylation is 1. The Bertz CT molecular complexity index is 1210. The number of H-pyrrole nitrogens is 1. The number of ketones is 1. The minimum Gasteiger partial charge on any atom is -0.385 e. The number of benzene rings is 1. The van der Waals surface area contributed by atoms with Crippen LogP contribution in [0.25, 0.3) is 11.0 Å².